The molecule has 0 amide bonds. The molecule has 0 radical (unpaired) electrons. The van der Waals surface area contributed by atoms with Gasteiger partial charge in [-0.2, -0.15) is 12.8 Å². The summed E-state index contributed by atoms with van der Waals surface area (Å²) in [5.41, 5.74) is 1.71. The Morgan fingerprint density at radius 1 is 1.04 bits per heavy atom. The van der Waals surface area contributed by atoms with Gasteiger partial charge in [-0.1, -0.05) is 31.5 Å². The van der Waals surface area contributed by atoms with Gasteiger partial charge < -0.3 is 4.74 Å². The highest BCUT2D eigenvalue weighted by Gasteiger charge is 2.10. The largest absolute Gasteiger partial charge is 0.493 e. The summed E-state index contributed by atoms with van der Waals surface area (Å²) in [6.45, 7) is 6.71. The van der Waals surface area contributed by atoms with Crippen LogP contribution in [0.4, 0.5) is 0 Å². The number of benzene rings is 2. The number of rotatable bonds is 6. The van der Waals surface area contributed by atoms with E-state index in [-0.39, 0.29) is 4.90 Å². The van der Waals surface area contributed by atoms with Crippen molar-refractivity contribution in [1.82, 2.24) is 0 Å². The third-order valence-corrected chi connectivity index (χ3v) is 4.37. The minimum atomic E-state index is -3.67. The minimum absolute atomic E-state index is 0.191. The Morgan fingerprint density at radius 3 is 2.22 bits per heavy atom. The molecular weight excluding hydrogens is 310 g/mol. The van der Waals surface area contributed by atoms with Crippen LogP contribution in [0.15, 0.2) is 57.8 Å². The van der Waals surface area contributed by atoms with Crippen LogP contribution in [0.1, 0.15) is 25.0 Å². The van der Waals surface area contributed by atoms with Gasteiger partial charge in [0.2, 0.25) is 0 Å². The molecular formula is C18H21NO3S. The summed E-state index contributed by atoms with van der Waals surface area (Å²) < 4.78 is 33.6. The normalized spacial score (nSPS) is 12.0. The van der Waals surface area contributed by atoms with Crippen molar-refractivity contribution in [3.05, 3.63) is 59.7 Å². The zero-order chi connectivity index (χ0) is 16.9. The van der Waals surface area contributed by atoms with Crippen molar-refractivity contribution in [2.75, 3.05) is 6.61 Å². The summed E-state index contributed by atoms with van der Waals surface area (Å²) in [7, 11) is -3.67. The van der Waals surface area contributed by atoms with E-state index in [4.69, 9.17) is 4.74 Å². The van der Waals surface area contributed by atoms with Gasteiger partial charge in [-0.3, -0.25) is 0 Å². The second-order valence-electron chi connectivity index (χ2n) is 5.80. The first-order chi connectivity index (χ1) is 10.9. The topological polar surface area (TPSA) is 55.7 Å². The van der Waals surface area contributed by atoms with Gasteiger partial charge in [0.25, 0.3) is 10.0 Å². The second-order valence-corrected chi connectivity index (χ2v) is 7.43. The zero-order valence-corrected chi connectivity index (χ0v) is 14.4. The zero-order valence-electron chi connectivity index (χ0n) is 13.6. The molecule has 4 nitrogen and oxygen atoms in total. The van der Waals surface area contributed by atoms with Crippen LogP contribution in [0.3, 0.4) is 0 Å². The molecule has 0 atom stereocenters. The van der Waals surface area contributed by atoms with Gasteiger partial charge in [-0.25, -0.2) is 0 Å². The summed E-state index contributed by atoms with van der Waals surface area (Å²) >= 11 is 0. The van der Waals surface area contributed by atoms with Crippen LogP contribution < -0.4 is 4.74 Å². The van der Waals surface area contributed by atoms with Crippen LogP contribution in [0, 0.1) is 12.8 Å². The fourth-order valence-corrected chi connectivity index (χ4v) is 2.68. The first-order valence-corrected chi connectivity index (χ1v) is 8.91. The molecule has 0 spiro atoms. The van der Waals surface area contributed by atoms with Crippen molar-refractivity contribution in [3.8, 4) is 5.75 Å². The van der Waals surface area contributed by atoms with Crippen LogP contribution in [-0.2, 0) is 10.0 Å². The van der Waals surface area contributed by atoms with E-state index in [1.807, 2.05) is 19.1 Å². The smallest absolute Gasteiger partial charge is 0.282 e. The SMILES string of the molecule is Cc1ccc(S(=O)(=O)/N=C\c2ccc(OCC(C)C)cc2)cc1. The van der Waals surface area contributed by atoms with Gasteiger partial charge in [-0.05, 0) is 54.8 Å². The van der Waals surface area contributed by atoms with E-state index in [0.717, 1.165) is 11.3 Å². The molecule has 2 aromatic rings. The van der Waals surface area contributed by atoms with Crippen LogP contribution in [0.5, 0.6) is 5.75 Å². The van der Waals surface area contributed by atoms with E-state index in [0.29, 0.717) is 18.1 Å². The van der Waals surface area contributed by atoms with Crippen molar-refractivity contribution < 1.29 is 13.2 Å². The molecule has 5 heteroatoms. The van der Waals surface area contributed by atoms with E-state index in [9.17, 15) is 8.42 Å². The van der Waals surface area contributed by atoms with Gasteiger partial charge in [0.15, 0.2) is 0 Å². The minimum Gasteiger partial charge on any atom is -0.493 e. The fourth-order valence-electron chi connectivity index (χ4n) is 1.81. The number of nitrogens with zero attached hydrogens (tertiary/aromatic N) is 1. The molecule has 0 unspecified atom stereocenters. The number of sulfonamides is 1. The molecule has 0 saturated carbocycles. The highest BCUT2D eigenvalue weighted by molar-refractivity contribution is 7.90. The molecule has 0 heterocycles. The van der Waals surface area contributed by atoms with Gasteiger partial charge in [0.05, 0.1) is 11.5 Å². The quantitative estimate of drug-likeness (QED) is 0.756. The summed E-state index contributed by atoms with van der Waals surface area (Å²) in [6, 6.07) is 13.8. The number of hydrogen-bond donors (Lipinski definition) is 0. The molecule has 0 aliphatic rings. The number of aryl methyl sites for hydroxylation is 1. The van der Waals surface area contributed by atoms with E-state index >= 15 is 0 Å². The van der Waals surface area contributed by atoms with Crippen molar-refractivity contribution in [3.63, 3.8) is 0 Å². The Labute approximate surface area is 137 Å². The maximum absolute atomic E-state index is 12.1. The molecule has 0 N–H and O–H groups in total. The number of ether oxygens (including phenoxy) is 1. The van der Waals surface area contributed by atoms with Gasteiger partial charge in [0, 0.05) is 6.21 Å². The predicted molar refractivity (Wildman–Crippen MR) is 92.7 cm³/mol. The molecule has 2 rings (SSSR count). The van der Waals surface area contributed by atoms with Crippen molar-refractivity contribution in [1.29, 1.82) is 0 Å². The molecule has 0 fully saturated rings. The average Bonchev–Trinajstić information content (AvgIpc) is 2.52. The molecule has 0 aromatic heterocycles. The lowest BCUT2D eigenvalue weighted by molar-refractivity contribution is 0.271. The molecule has 0 saturated heterocycles. The fraction of sp³-hybridized carbons (Fsp3) is 0.278. The second kappa shape index (κ2) is 7.42. The Balaban J connectivity index is 2.08. The summed E-state index contributed by atoms with van der Waals surface area (Å²) in [6.07, 6.45) is 1.35. The van der Waals surface area contributed by atoms with Crippen LogP contribution in [0.25, 0.3) is 0 Å². The standard InChI is InChI=1S/C18H21NO3S/c1-14(2)13-22-17-8-6-16(7-9-17)12-19-23(20,21)18-10-4-15(3)5-11-18/h4-12,14H,13H2,1-3H3/b19-12-. The van der Waals surface area contributed by atoms with E-state index in [2.05, 4.69) is 18.2 Å². The number of hydrogen-bond acceptors (Lipinski definition) is 3. The molecule has 23 heavy (non-hydrogen) atoms. The Kier molecular flexibility index (Phi) is 5.55. The van der Waals surface area contributed by atoms with Crippen LogP contribution in [-0.4, -0.2) is 21.2 Å². The Bertz CT molecular complexity index is 761. The van der Waals surface area contributed by atoms with Gasteiger partial charge in [-0.15, -0.1) is 0 Å². The molecule has 122 valence electrons. The molecule has 0 bridgehead atoms. The lowest BCUT2D eigenvalue weighted by atomic mass is 10.2. The average molecular weight is 331 g/mol. The summed E-state index contributed by atoms with van der Waals surface area (Å²) in [4.78, 5) is 0.191. The van der Waals surface area contributed by atoms with Gasteiger partial charge in [0.1, 0.15) is 5.75 Å². The highest BCUT2D eigenvalue weighted by atomic mass is 32.2. The molecule has 0 aliphatic heterocycles. The van der Waals surface area contributed by atoms with E-state index < -0.39 is 10.0 Å². The summed E-state index contributed by atoms with van der Waals surface area (Å²) in [5, 5.41) is 0. The van der Waals surface area contributed by atoms with Crippen molar-refractivity contribution >= 4 is 16.2 Å². The van der Waals surface area contributed by atoms with Crippen LogP contribution in [0.2, 0.25) is 0 Å². The monoisotopic (exact) mass is 331 g/mol. The third kappa shape index (κ3) is 5.21. The maximum atomic E-state index is 12.1. The van der Waals surface area contributed by atoms with Crippen LogP contribution >= 0.6 is 0 Å². The Hall–Kier alpha value is -2.14. The predicted octanol–water partition coefficient (Wildman–Crippen LogP) is 3.84. The summed E-state index contributed by atoms with van der Waals surface area (Å²) in [5.74, 6) is 1.22. The lowest BCUT2D eigenvalue weighted by Gasteiger charge is -2.08. The molecule has 2 aromatic carbocycles. The molecule has 0 aliphatic carbocycles. The van der Waals surface area contributed by atoms with Crippen molar-refractivity contribution in [2.45, 2.75) is 25.7 Å². The van der Waals surface area contributed by atoms with E-state index in [1.165, 1.54) is 6.21 Å². The van der Waals surface area contributed by atoms with E-state index in [1.54, 1.807) is 36.4 Å². The van der Waals surface area contributed by atoms with Gasteiger partial charge >= 0.3 is 0 Å². The highest BCUT2D eigenvalue weighted by Crippen LogP contribution is 2.15. The Morgan fingerprint density at radius 2 is 1.65 bits per heavy atom. The first-order valence-electron chi connectivity index (χ1n) is 7.47. The maximum Gasteiger partial charge on any atom is 0.282 e. The lowest BCUT2D eigenvalue weighted by Crippen LogP contribution is -2.04. The third-order valence-electron chi connectivity index (χ3n) is 3.12. The van der Waals surface area contributed by atoms with Crippen molar-refractivity contribution in [2.24, 2.45) is 10.3 Å². The first kappa shape index (κ1) is 17.2.